The van der Waals surface area contributed by atoms with Crippen LogP contribution in [0.25, 0.3) is 0 Å². The highest BCUT2D eigenvalue weighted by Crippen LogP contribution is 2.16. The summed E-state index contributed by atoms with van der Waals surface area (Å²) in [6.07, 6.45) is 1.51. The second-order valence-corrected chi connectivity index (χ2v) is 4.69. The number of nitrogens with one attached hydrogen (secondary N) is 1. The molecule has 1 N–H and O–H groups in total. The Morgan fingerprint density at radius 1 is 1.39 bits per heavy atom. The van der Waals surface area contributed by atoms with E-state index in [1.807, 2.05) is 6.92 Å². The van der Waals surface area contributed by atoms with Crippen molar-refractivity contribution in [3.63, 3.8) is 0 Å². The van der Waals surface area contributed by atoms with Gasteiger partial charge in [0, 0.05) is 0 Å². The number of hydrogen-bond acceptors (Lipinski definition) is 6. The monoisotopic (exact) mass is 268 g/mol. The summed E-state index contributed by atoms with van der Waals surface area (Å²) >= 11 is 0.998. The highest BCUT2D eigenvalue weighted by atomic mass is 32.1. The summed E-state index contributed by atoms with van der Waals surface area (Å²) in [5.41, 5.74) is 0.630. The van der Waals surface area contributed by atoms with Gasteiger partial charge in [-0.05, 0) is 18.0 Å². The Bertz CT molecular complexity index is 483. The zero-order chi connectivity index (χ0) is 13.1. The van der Waals surface area contributed by atoms with Gasteiger partial charge in [0.1, 0.15) is 18.0 Å². The molecule has 1 aliphatic heterocycles. The number of carbonyl (C=O) groups is 3. The molecule has 0 saturated carbocycles. The summed E-state index contributed by atoms with van der Waals surface area (Å²) in [4.78, 5) is 36.2. The maximum absolute atomic E-state index is 12.2. The molecule has 0 aromatic carbocycles. The molecule has 2 heterocycles. The van der Waals surface area contributed by atoms with E-state index in [0.29, 0.717) is 17.0 Å². The SMILES string of the molecule is CCCc1nnsc1C(=O)N1CC(=O)NC(=O)C1. The molecule has 0 atom stereocenters. The Kier molecular flexibility index (Phi) is 3.66. The Labute approximate surface area is 107 Å². The summed E-state index contributed by atoms with van der Waals surface area (Å²) < 4.78 is 3.75. The predicted molar refractivity (Wildman–Crippen MR) is 63.0 cm³/mol. The third-order valence-electron chi connectivity index (χ3n) is 2.47. The van der Waals surface area contributed by atoms with E-state index in [1.165, 1.54) is 4.90 Å². The molecule has 0 unspecified atom stereocenters. The van der Waals surface area contributed by atoms with Gasteiger partial charge in [-0.2, -0.15) is 0 Å². The van der Waals surface area contributed by atoms with E-state index in [1.54, 1.807) is 0 Å². The van der Waals surface area contributed by atoms with Crippen LogP contribution in [-0.4, -0.2) is 45.3 Å². The third kappa shape index (κ3) is 2.53. The highest BCUT2D eigenvalue weighted by Gasteiger charge is 2.29. The van der Waals surface area contributed by atoms with Crippen molar-refractivity contribution in [1.82, 2.24) is 19.8 Å². The zero-order valence-corrected chi connectivity index (χ0v) is 10.6. The van der Waals surface area contributed by atoms with E-state index in [-0.39, 0.29) is 19.0 Å². The lowest BCUT2D eigenvalue weighted by atomic mass is 10.2. The van der Waals surface area contributed by atoms with Crippen molar-refractivity contribution in [2.24, 2.45) is 0 Å². The molecule has 0 bridgehead atoms. The van der Waals surface area contributed by atoms with E-state index in [0.717, 1.165) is 18.0 Å². The largest absolute Gasteiger partial charge is 0.319 e. The summed E-state index contributed by atoms with van der Waals surface area (Å²) in [6, 6.07) is 0. The number of imide groups is 1. The molecule has 3 amide bonds. The van der Waals surface area contributed by atoms with Crippen LogP contribution in [0.3, 0.4) is 0 Å². The molecule has 1 aliphatic rings. The van der Waals surface area contributed by atoms with Crippen molar-refractivity contribution < 1.29 is 14.4 Å². The van der Waals surface area contributed by atoms with Crippen LogP contribution in [0.2, 0.25) is 0 Å². The molecule has 0 radical (unpaired) electrons. The van der Waals surface area contributed by atoms with Gasteiger partial charge in [0.2, 0.25) is 11.8 Å². The van der Waals surface area contributed by atoms with Crippen molar-refractivity contribution in [3.8, 4) is 0 Å². The zero-order valence-electron chi connectivity index (χ0n) is 9.80. The predicted octanol–water partition coefficient (Wildman–Crippen LogP) is -0.411. The number of amides is 3. The Morgan fingerprint density at radius 3 is 2.67 bits per heavy atom. The maximum atomic E-state index is 12.2. The summed E-state index contributed by atoms with van der Waals surface area (Å²) in [7, 11) is 0. The molecule has 8 heteroatoms. The van der Waals surface area contributed by atoms with Gasteiger partial charge in [0.05, 0.1) is 5.69 Å². The number of nitrogens with zero attached hydrogens (tertiary/aromatic N) is 3. The average Bonchev–Trinajstić information content (AvgIpc) is 2.75. The summed E-state index contributed by atoms with van der Waals surface area (Å²) in [5.74, 6) is -1.28. The third-order valence-corrected chi connectivity index (χ3v) is 3.23. The number of hydrogen-bond donors (Lipinski definition) is 1. The smallest absolute Gasteiger partial charge is 0.268 e. The van der Waals surface area contributed by atoms with Gasteiger partial charge < -0.3 is 4.90 Å². The van der Waals surface area contributed by atoms with Crippen molar-refractivity contribution >= 4 is 29.3 Å². The van der Waals surface area contributed by atoms with Crippen LogP contribution in [0.5, 0.6) is 0 Å². The molecule has 18 heavy (non-hydrogen) atoms. The van der Waals surface area contributed by atoms with Crippen LogP contribution in [0.4, 0.5) is 0 Å². The minimum Gasteiger partial charge on any atom is -0.319 e. The van der Waals surface area contributed by atoms with Gasteiger partial charge in [0.15, 0.2) is 0 Å². The van der Waals surface area contributed by atoms with Crippen molar-refractivity contribution in [1.29, 1.82) is 0 Å². The molecule has 1 aromatic rings. The fourth-order valence-corrected chi connectivity index (χ4v) is 2.37. The van der Waals surface area contributed by atoms with Crippen LogP contribution < -0.4 is 5.32 Å². The first kappa shape index (κ1) is 12.6. The van der Waals surface area contributed by atoms with E-state index < -0.39 is 11.8 Å². The molecular weight excluding hydrogens is 256 g/mol. The lowest BCUT2D eigenvalue weighted by Gasteiger charge is -2.24. The standard InChI is InChI=1S/C10H12N4O3S/c1-2-3-6-9(18-13-12-6)10(17)14-4-7(15)11-8(16)5-14/h2-5H2,1H3,(H,11,15,16). The second-order valence-electron chi connectivity index (χ2n) is 3.93. The molecule has 0 spiro atoms. The average molecular weight is 268 g/mol. The van der Waals surface area contributed by atoms with Crippen LogP contribution in [0.1, 0.15) is 28.7 Å². The van der Waals surface area contributed by atoms with E-state index in [4.69, 9.17) is 0 Å². The first-order valence-corrected chi connectivity index (χ1v) is 6.32. The Morgan fingerprint density at radius 2 is 2.06 bits per heavy atom. The molecule has 1 aromatic heterocycles. The van der Waals surface area contributed by atoms with Gasteiger partial charge in [-0.15, -0.1) is 5.10 Å². The van der Waals surface area contributed by atoms with E-state index in [2.05, 4.69) is 14.9 Å². The summed E-state index contributed by atoms with van der Waals surface area (Å²) in [6.45, 7) is 1.77. The maximum Gasteiger partial charge on any atom is 0.268 e. The quantitative estimate of drug-likeness (QED) is 0.752. The number of piperazine rings is 1. The number of aryl methyl sites for hydroxylation is 1. The first-order valence-electron chi connectivity index (χ1n) is 5.55. The summed E-state index contributed by atoms with van der Waals surface area (Å²) in [5, 5.41) is 6.05. The molecule has 2 rings (SSSR count). The Hall–Kier alpha value is -1.83. The van der Waals surface area contributed by atoms with Crippen molar-refractivity contribution in [2.45, 2.75) is 19.8 Å². The minimum absolute atomic E-state index is 0.103. The topological polar surface area (TPSA) is 92.3 Å². The van der Waals surface area contributed by atoms with Crippen LogP contribution >= 0.6 is 11.5 Å². The highest BCUT2D eigenvalue weighted by molar-refractivity contribution is 7.08. The number of aromatic nitrogens is 2. The second kappa shape index (κ2) is 5.21. The molecule has 0 aliphatic carbocycles. The lowest BCUT2D eigenvalue weighted by molar-refractivity contribution is -0.135. The number of carbonyl (C=O) groups excluding carboxylic acids is 3. The van der Waals surface area contributed by atoms with Gasteiger partial charge in [-0.25, -0.2) is 0 Å². The number of rotatable bonds is 3. The fraction of sp³-hybridized carbons (Fsp3) is 0.500. The van der Waals surface area contributed by atoms with Crippen LogP contribution in [0.15, 0.2) is 0 Å². The molecule has 96 valence electrons. The van der Waals surface area contributed by atoms with Crippen molar-refractivity contribution in [3.05, 3.63) is 10.6 Å². The first-order chi connectivity index (χ1) is 8.61. The van der Waals surface area contributed by atoms with Crippen LogP contribution in [-0.2, 0) is 16.0 Å². The van der Waals surface area contributed by atoms with Crippen molar-refractivity contribution in [2.75, 3.05) is 13.1 Å². The molecule has 7 nitrogen and oxygen atoms in total. The fourth-order valence-electron chi connectivity index (χ4n) is 1.70. The normalized spacial score (nSPS) is 15.7. The molecule has 1 saturated heterocycles. The minimum atomic E-state index is -0.464. The van der Waals surface area contributed by atoms with Gasteiger partial charge in [-0.1, -0.05) is 17.8 Å². The van der Waals surface area contributed by atoms with Gasteiger partial charge in [-0.3, -0.25) is 19.7 Å². The van der Waals surface area contributed by atoms with Gasteiger partial charge in [0.25, 0.3) is 5.91 Å². The van der Waals surface area contributed by atoms with Crippen LogP contribution in [0, 0.1) is 0 Å². The lowest BCUT2D eigenvalue weighted by Crippen LogP contribution is -2.53. The van der Waals surface area contributed by atoms with E-state index >= 15 is 0 Å². The van der Waals surface area contributed by atoms with E-state index in [9.17, 15) is 14.4 Å². The molecule has 1 fully saturated rings. The Balaban J connectivity index is 2.17. The molecular formula is C10H12N4O3S. The van der Waals surface area contributed by atoms with Gasteiger partial charge >= 0.3 is 0 Å².